The SMILES string of the molecule is COc1cccc(OCc2csc(C(=O)O)n2)c1. The Kier molecular flexibility index (Phi) is 3.78. The molecule has 1 aromatic carbocycles. The van der Waals surface area contributed by atoms with Crippen LogP contribution in [0.4, 0.5) is 0 Å². The maximum Gasteiger partial charge on any atom is 0.365 e. The maximum atomic E-state index is 10.7. The van der Waals surface area contributed by atoms with Crippen molar-refractivity contribution in [3.05, 3.63) is 40.3 Å². The summed E-state index contributed by atoms with van der Waals surface area (Å²) in [5, 5.41) is 10.5. The monoisotopic (exact) mass is 265 g/mol. The van der Waals surface area contributed by atoms with E-state index in [-0.39, 0.29) is 11.6 Å². The van der Waals surface area contributed by atoms with Crippen molar-refractivity contribution in [2.75, 3.05) is 7.11 Å². The molecule has 94 valence electrons. The van der Waals surface area contributed by atoms with Crippen LogP contribution in [0.15, 0.2) is 29.6 Å². The Bertz CT molecular complexity index is 553. The molecule has 2 aromatic rings. The van der Waals surface area contributed by atoms with Gasteiger partial charge in [-0.2, -0.15) is 0 Å². The molecule has 2 rings (SSSR count). The van der Waals surface area contributed by atoms with Gasteiger partial charge in [-0.3, -0.25) is 0 Å². The Morgan fingerprint density at radius 1 is 1.44 bits per heavy atom. The number of ether oxygens (including phenoxy) is 2. The number of nitrogens with zero attached hydrogens (tertiary/aromatic N) is 1. The van der Waals surface area contributed by atoms with Crippen molar-refractivity contribution < 1.29 is 19.4 Å². The van der Waals surface area contributed by atoms with Gasteiger partial charge in [0.05, 0.1) is 12.8 Å². The molecule has 0 saturated carbocycles. The lowest BCUT2D eigenvalue weighted by molar-refractivity contribution is 0.0696. The molecule has 0 aliphatic rings. The number of thiazole rings is 1. The summed E-state index contributed by atoms with van der Waals surface area (Å²) in [5.41, 5.74) is 0.597. The lowest BCUT2D eigenvalue weighted by atomic mass is 10.3. The van der Waals surface area contributed by atoms with Crippen molar-refractivity contribution in [1.82, 2.24) is 4.98 Å². The fourth-order valence-electron chi connectivity index (χ4n) is 1.32. The number of methoxy groups -OCH3 is 1. The Morgan fingerprint density at radius 2 is 2.22 bits per heavy atom. The summed E-state index contributed by atoms with van der Waals surface area (Å²) in [4.78, 5) is 14.6. The van der Waals surface area contributed by atoms with E-state index in [0.29, 0.717) is 17.2 Å². The second-order valence-electron chi connectivity index (χ2n) is 3.42. The van der Waals surface area contributed by atoms with Crippen LogP contribution in [0, 0.1) is 0 Å². The van der Waals surface area contributed by atoms with E-state index >= 15 is 0 Å². The van der Waals surface area contributed by atoms with Crippen molar-refractivity contribution in [3.8, 4) is 11.5 Å². The third-order valence-electron chi connectivity index (χ3n) is 2.16. The van der Waals surface area contributed by atoms with E-state index in [0.717, 1.165) is 11.3 Å². The minimum Gasteiger partial charge on any atom is -0.497 e. The van der Waals surface area contributed by atoms with Gasteiger partial charge in [0.15, 0.2) is 0 Å². The predicted octanol–water partition coefficient (Wildman–Crippen LogP) is 2.43. The first-order chi connectivity index (χ1) is 8.69. The van der Waals surface area contributed by atoms with Gasteiger partial charge < -0.3 is 14.6 Å². The summed E-state index contributed by atoms with van der Waals surface area (Å²) in [6, 6.07) is 7.19. The number of carboxylic acids is 1. The molecule has 1 aromatic heterocycles. The fourth-order valence-corrected chi connectivity index (χ4v) is 1.96. The average molecular weight is 265 g/mol. The van der Waals surface area contributed by atoms with E-state index in [9.17, 15) is 4.79 Å². The first-order valence-electron chi connectivity index (χ1n) is 5.13. The Hall–Kier alpha value is -2.08. The third-order valence-corrected chi connectivity index (χ3v) is 3.04. The topological polar surface area (TPSA) is 68.7 Å². The summed E-state index contributed by atoms with van der Waals surface area (Å²) in [6.07, 6.45) is 0. The molecule has 0 saturated heterocycles. The molecule has 0 aliphatic carbocycles. The number of aromatic nitrogens is 1. The number of hydrogen-bond acceptors (Lipinski definition) is 5. The molecule has 0 fully saturated rings. The minimum atomic E-state index is -1.02. The summed E-state index contributed by atoms with van der Waals surface area (Å²) >= 11 is 1.09. The molecule has 5 nitrogen and oxygen atoms in total. The molecule has 18 heavy (non-hydrogen) atoms. The quantitative estimate of drug-likeness (QED) is 0.899. The van der Waals surface area contributed by atoms with Crippen molar-refractivity contribution in [3.63, 3.8) is 0 Å². The third kappa shape index (κ3) is 2.98. The molecular weight excluding hydrogens is 254 g/mol. The molecule has 0 atom stereocenters. The number of hydrogen-bond donors (Lipinski definition) is 1. The molecule has 0 spiro atoms. The first-order valence-corrected chi connectivity index (χ1v) is 6.01. The summed E-state index contributed by atoms with van der Waals surface area (Å²) in [5.74, 6) is 0.337. The van der Waals surface area contributed by atoms with Gasteiger partial charge in [-0.25, -0.2) is 9.78 Å². The van der Waals surface area contributed by atoms with Gasteiger partial charge in [-0.15, -0.1) is 11.3 Å². The van der Waals surface area contributed by atoms with Gasteiger partial charge in [0, 0.05) is 11.4 Å². The van der Waals surface area contributed by atoms with Crippen LogP contribution in [0.2, 0.25) is 0 Å². The zero-order valence-corrected chi connectivity index (χ0v) is 10.4. The number of benzene rings is 1. The summed E-state index contributed by atoms with van der Waals surface area (Å²) < 4.78 is 10.6. The number of carbonyl (C=O) groups is 1. The van der Waals surface area contributed by atoms with Gasteiger partial charge in [-0.1, -0.05) is 6.07 Å². The molecule has 1 N–H and O–H groups in total. The molecule has 0 bridgehead atoms. The first kappa shape index (κ1) is 12.4. The van der Waals surface area contributed by atoms with Crippen LogP contribution in [0.1, 0.15) is 15.5 Å². The normalized spacial score (nSPS) is 10.1. The van der Waals surface area contributed by atoms with Crippen LogP contribution in [0.5, 0.6) is 11.5 Å². The summed E-state index contributed by atoms with van der Waals surface area (Å²) in [6.45, 7) is 0.233. The van der Waals surface area contributed by atoms with E-state index in [1.807, 2.05) is 12.1 Å². The van der Waals surface area contributed by atoms with Crippen LogP contribution >= 0.6 is 11.3 Å². The van der Waals surface area contributed by atoms with E-state index in [1.165, 1.54) is 0 Å². The van der Waals surface area contributed by atoms with Gasteiger partial charge >= 0.3 is 5.97 Å². The second-order valence-corrected chi connectivity index (χ2v) is 4.27. The molecule has 0 radical (unpaired) electrons. The van der Waals surface area contributed by atoms with E-state index in [1.54, 1.807) is 24.6 Å². The largest absolute Gasteiger partial charge is 0.497 e. The smallest absolute Gasteiger partial charge is 0.365 e. The van der Waals surface area contributed by atoms with E-state index in [4.69, 9.17) is 14.6 Å². The second kappa shape index (κ2) is 5.50. The average Bonchev–Trinajstić information content (AvgIpc) is 2.85. The lowest BCUT2D eigenvalue weighted by Gasteiger charge is -2.05. The molecule has 0 aliphatic heterocycles. The van der Waals surface area contributed by atoms with Crippen molar-refractivity contribution in [2.24, 2.45) is 0 Å². The zero-order valence-electron chi connectivity index (χ0n) is 9.62. The standard InChI is InChI=1S/C12H11NO4S/c1-16-9-3-2-4-10(5-9)17-6-8-7-18-11(13-8)12(14)15/h2-5,7H,6H2,1H3,(H,14,15). The van der Waals surface area contributed by atoms with Crippen LogP contribution in [-0.2, 0) is 6.61 Å². The van der Waals surface area contributed by atoms with Crippen LogP contribution < -0.4 is 9.47 Å². The van der Waals surface area contributed by atoms with Crippen molar-refractivity contribution >= 4 is 17.3 Å². The summed E-state index contributed by atoms with van der Waals surface area (Å²) in [7, 11) is 1.58. The van der Waals surface area contributed by atoms with E-state index in [2.05, 4.69) is 4.98 Å². The van der Waals surface area contributed by atoms with E-state index < -0.39 is 5.97 Å². The predicted molar refractivity (Wildman–Crippen MR) is 66.4 cm³/mol. The highest BCUT2D eigenvalue weighted by Gasteiger charge is 2.09. The Morgan fingerprint density at radius 3 is 2.89 bits per heavy atom. The number of aromatic carboxylic acids is 1. The Labute approximate surface area is 108 Å². The highest BCUT2D eigenvalue weighted by Crippen LogP contribution is 2.20. The molecule has 0 amide bonds. The highest BCUT2D eigenvalue weighted by atomic mass is 32.1. The molecule has 0 unspecified atom stereocenters. The van der Waals surface area contributed by atoms with Gasteiger partial charge in [0.25, 0.3) is 0 Å². The van der Waals surface area contributed by atoms with Gasteiger partial charge in [-0.05, 0) is 12.1 Å². The van der Waals surface area contributed by atoms with Gasteiger partial charge in [0.1, 0.15) is 18.1 Å². The van der Waals surface area contributed by atoms with Crippen LogP contribution in [0.3, 0.4) is 0 Å². The van der Waals surface area contributed by atoms with Crippen LogP contribution in [-0.4, -0.2) is 23.2 Å². The molecule has 6 heteroatoms. The number of rotatable bonds is 5. The van der Waals surface area contributed by atoms with Crippen molar-refractivity contribution in [2.45, 2.75) is 6.61 Å². The Balaban J connectivity index is 1.99. The fraction of sp³-hybridized carbons (Fsp3) is 0.167. The zero-order chi connectivity index (χ0) is 13.0. The number of carboxylic acid groups (broad SMARTS) is 1. The highest BCUT2D eigenvalue weighted by molar-refractivity contribution is 7.11. The van der Waals surface area contributed by atoms with Crippen molar-refractivity contribution in [1.29, 1.82) is 0 Å². The van der Waals surface area contributed by atoms with Crippen LogP contribution in [0.25, 0.3) is 0 Å². The lowest BCUT2D eigenvalue weighted by Crippen LogP contribution is -1.99. The van der Waals surface area contributed by atoms with Gasteiger partial charge in [0.2, 0.25) is 5.01 Å². The minimum absolute atomic E-state index is 0.0687. The molecule has 1 heterocycles. The maximum absolute atomic E-state index is 10.7. The molecular formula is C12H11NO4S.